The van der Waals surface area contributed by atoms with Crippen molar-refractivity contribution in [3.05, 3.63) is 24.0 Å². The Morgan fingerprint density at radius 3 is 2.90 bits per heavy atom. The van der Waals surface area contributed by atoms with Crippen LogP contribution in [0.4, 0.5) is 0 Å². The summed E-state index contributed by atoms with van der Waals surface area (Å²) in [5.74, 6) is 0.249. The standard InChI is InChI=1S/C12H17N3O3S2/c1-18-8-9-4-5-15(7-9)20(16,17)10-2-3-11(12(13)19)14-6-10/h2-3,6,9H,4-5,7-8H2,1H3,(H2,13,19). The predicted octanol–water partition coefficient (Wildman–Crippen LogP) is 0.373. The lowest BCUT2D eigenvalue weighted by Gasteiger charge is -2.16. The molecule has 0 saturated carbocycles. The van der Waals surface area contributed by atoms with E-state index < -0.39 is 10.0 Å². The molecule has 1 aromatic heterocycles. The van der Waals surface area contributed by atoms with Crippen LogP contribution >= 0.6 is 12.2 Å². The number of sulfonamides is 1. The van der Waals surface area contributed by atoms with Crippen LogP contribution in [0.3, 0.4) is 0 Å². The number of nitrogens with two attached hydrogens (primary N) is 1. The van der Waals surface area contributed by atoms with Gasteiger partial charge in [-0.05, 0) is 24.5 Å². The van der Waals surface area contributed by atoms with Crippen molar-refractivity contribution in [3.8, 4) is 0 Å². The van der Waals surface area contributed by atoms with Crippen molar-refractivity contribution in [2.75, 3.05) is 26.8 Å². The Morgan fingerprint density at radius 2 is 2.35 bits per heavy atom. The summed E-state index contributed by atoms with van der Waals surface area (Å²) < 4.78 is 31.4. The molecule has 1 aromatic rings. The summed E-state index contributed by atoms with van der Waals surface area (Å²) in [6, 6.07) is 3.01. The second-order valence-electron chi connectivity index (χ2n) is 4.72. The van der Waals surface area contributed by atoms with Crippen LogP contribution in [0.5, 0.6) is 0 Å². The van der Waals surface area contributed by atoms with E-state index in [-0.39, 0.29) is 15.8 Å². The van der Waals surface area contributed by atoms with Crippen LogP contribution in [-0.2, 0) is 14.8 Å². The Hall–Kier alpha value is -1.09. The van der Waals surface area contributed by atoms with Crippen LogP contribution in [0, 0.1) is 5.92 Å². The van der Waals surface area contributed by atoms with Gasteiger partial charge in [0.1, 0.15) is 9.88 Å². The lowest BCUT2D eigenvalue weighted by molar-refractivity contribution is 0.157. The van der Waals surface area contributed by atoms with Gasteiger partial charge in [0.2, 0.25) is 10.0 Å². The van der Waals surface area contributed by atoms with Gasteiger partial charge in [-0.15, -0.1) is 0 Å². The number of ether oxygens (including phenoxy) is 1. The Balaban J connectivity index is 2.16. The molecule has 20 heavy (non-hydrogen) atoms. The lowest BCUT2D eigenvalue weighted by atomic mass is 10.1. The summed E-state index contributed by atoms with van der Waals surface area (Å²) in [6.07, 6.45) is 2.11. The molecule has 110 valence electrons. The number of nitrogens with zero attached hydrogens (tertiary/aromatic N) is 2. The van der Waals surface area contributed by atoms with E-state index in [9.17, 15) is 8.42 Å². The first kappa shape index (κ1) is 15.3. The molecule has 2 N–H and O–H groups in total. The summed E-state index contributed by atoms with van der Waals surface area (Å²) in [6.45, 7) is 1.56. The highest BCUT2D eigenvalue weighted by Crippen LogP contribution is 2.24. The largest absolute Gasteiger partial charge is 0.388 e. The van der Waals surface area contributed by atoms with Crippen LogP contribution in [0.1, 0.15) is 12.1 Å². The number of thiocarbonyl (C=S) groups is 1. The summed E-state index contributed by atoms with van der Waals surface area (Å²) >= 11 is 4.79. The zero-order chi connectivity index (χ0) is 14.8. The van der Waals surface area contributed by atoms with Gasteiger partial charge in [-0.3, -0.25) is 4.98 Å². The third kappa shape index (κ3) is 3.14. The van der Waals surface area contributed by atoms with E-state index in [4.69, 9.17) is 22.7 Å². The Morgan fingerprint density at radius 1 is 1.60 bits per heavy atom. The SMILES string of the molecule is COCC1CCN(S(=O)(=O)c2ccc(C(N)=S)nc2)C1. The van der Waals surface area contributed by atoms with Crippen LogP contribution in [0.25, 0.3) is 0 Å². The first-order valence-corrected chi connectivity index (χ1v) is 8.05. The summed E-state index contributed by atoms with van der Waals surface area (Å²) in [4.78, 5) is 4.29. The molecular weight excluding hydrogens is 298 g/mol. The fourth-order valence-electron chi connectivity index (χ4n) is 2.21. The van der Waals surface area contributed by atoms with Crippen molar-refractivity contribution in [2.24, 2.45) is 11.7 Å². The van der Waals surface area contributed by atoms with Gasteiger partial charge >= 0.3 is 0 Å². The fourth-order valence-corrected chi connectivity index (χ4v) is 3.81. The van der Waals surface area contributed by atoms with Gasteiger partial charge in [-0.2, -0.15) is 4.31 Å². The average molecular weight is 315 g/mol. The molecule has 0 amide bonds. The molecule has 1 atom stereocenters. The van der Waals surface area contributed by atoms with Crippen molar-refractivity contribution in [3.63, 3.8) is 0 Å². The lowest BCUT2D eigenvalue weighted by Crippen LogP contribution is -2.29. The molecule has 6 nitrogen and oxygen atoms in total. The van der Waals surface area contributed by atoms with E-state index >= 15 is 0 Å². The molecule has 0 spiro atoms. The molecule has 0 radical (unpaired) electrons. The van der Waals surface area contributed by atoms with Crippen LogP contribution < -0.4 is 5.73 Å². The Labute approximate surface area is 124 Å². The molecule has 0 aromatic carbocycles. The van der Waals surface area contributed by atoms with E-state index in [1.807, 2.05) is 0 Å². The minimum absolute atomic E-state index is 0.148. The van der Waals surface area contributed by atoms with E-state index in [0.717, 1.165) is 6.42 Å². The highest BCUT2D eigenvalue weighted by atomic mass is 32.2. The monoisotopic (exact) mass is 315 g/mol. The average Bonchev–Trinajstić information content (AvgIpc) is 2.88. The van der Waals surface area contributed by atoms with Gasteiger partial charge in [0.15, 0.2) is 0 Å². The highest BCUT2D eigenvalue weighted by Gasteiger charge is 2.32. The Kier molecular flexibility index (Phi) is 4.69. The molecule has 0 bridgehead atoms. The zero-order valence-electron chi connectivity index (χ0n) is 11.2. The van der Waals surface area contributed by atoms with Crippen LogP contribution in [0.2, 0.25) is 0 Å². The maximum absolute atomic E-state index is 12.4. The molecule has 1 aliphatic rings. The predicted molar refractivity (Wildman–Crippen MR) is 78.9 cm³/mol. The minimum atomic E-state index is -3.50. The van der Waals surface area contributed by atoms with E-state index in [1.54, 1.807) is 7.11 Å². The van der Waals surface area contributed by atoms with Gasteiger partial charge < -0.3 is 10.5 Å². The molecule has 1 saturated heterocycles. The fraction of sp³-hybridized carbons (Fsp3) is 0.500. The maximum Gasteiger partial charge on any atom is 0.244 e. The van der Waals surface area contributed by atoms with Crippen molar-refractivity contribution >= 4 is 27.2 Å². The number of pyridine rings is 1. The highest BCUT2D eigenvalue weighted by molar-refractivity contribution is 7.89. The molecule has 1 unspecified atom stereocenters. The summed E-state index contributed by atoms with van der Waals surface area (Å²) in [5.41, 5.74) is 5.86. The third-order valence-corrected chi connectivity index (χ3v) is 5.34. The van der Waals surface area contributed by atoms with E-state index in [0.29, 0.717) is 25.4 Å². The van der Waals surface area contributed by atoms with Crippen LogP contribution in [0.15, 0.2) is 23.2 Å². The van der Waals surface area contributed by atoms with Crippen LogP contribution in [-0.4, -0.2) is 49.5 Å². The number of hydrogen-bond acceptors (Lipinski definition) is 5. The second kappa shape index (κ2) is 6.13. The van der Waals surface area contributed by atoms with E-state index in [2.05, 4.69) is 4.98 Å². The Bertz CT molecular complexity index is 586. The van der Waals surface area contributed by atoms with Crippen molar-refractivity contribution in [1.82, 2.24) is 9.29 Å². The topological polar surface area (TPSA) is 85.5 Å². The van der Waals surface area contributed by atoms with Gasteiger partial charge in [0, 0.05) is 26.4 Å². The molecule has 2 heterocycles. The van der Waals surface area contributed by atoms with Gasteiger partial charge in [0.25, 0.3) is 0 Å². The summed E-state index contributed by atoms with van der Waals surface area (Å²) in [7, 11) is -1.88. The maximum atomic E-state index is 12.4. The van der Waals surface area contributed by atoms with E-state index in [1.165, 1.54) is 22.6 Å². The zero-order valence-corrected chi connectivity index (χ0v) is 12.8. The van der Waals surface area contributed by atoms with Crippen molar-refractivity contribution in [2.45, 2.75) is 11.3 Å². The smallest absolute Gasteiger partial charge is 0.244 e. The number of methoxy groups -OCH3 is 1. The molecule has 1 aliphatic heterocycles. The number of aromatic nitrogens is 1. The van der Waals surface area contributed by atoms with Gasteiger partial charge in [-0.1, -0.05) is 12.2 Å². The summed E-state index contributed by atoms with van der Waals surface area (Å²) in [5, 5.41) is 0. The molecular formula is C12H17N3O3S2. The van der Waals surface area contributed by atoms with Crippen molar-refractivity contribution in [1.29, 1.82) is 0 Å². The molecule has 8 heteroatoms. The second-order valence-corrected chi connectivity index (χ2v) is 7.09. The van der Waals surface area contributed by atoms with Gasteiger partial charge in [0.05, 0.1) is 12.3 Å². The number of hydrogen-bond donors (Lipinski definition) is 1. The van der Waals surface area contributed by atoms with Gasteiger partial charge in [-0.25, -0.2) is 8.42 Å². The third-order valence-electron chi connectivity index (χ3n) is 3.28. The first-order valence-electron chi connectivity index (χ1n) is 6.20. The molecule has 2 rings (SSSR count). The normalized spacial score (nSPS) is 20.1. The number of rotatable bonds is 5. The quantitative estimate of drug-likeness (QED) is 0.790. The van der Waals surface area contributed by atoms with Crippen molar-refractivity contribution < 1.29 is 13.2 Å². The minimum Gasteiger partial charge on any atom is -0.388 e. The molecule has 0 aliphatic carbocycles. The first-order chi connectivity index (χ1) is 9.45. The molecule has 1 fully saturated rings.